The van der Waals surface area contributed by atoms with Crippen molar-refractivity contribution in [3.63, 3.8) is 0 Å². The van der Waals surface area contributed by atoms with Crippen LogP contribution in [0.4, 0.5) is 0 Å². The summed E-state index contributed by atoms with van der Waals surface area (Å²) in [5, 5.41) is 0. The molecule has 0 N–H and O–H groups in total. The van der Waals surface area contributed by atoms with Gasteiger partial charge in [0.2, 0.25) is 0 Å². The molecule has 0 amide bonds. The summed E-state index contributed by atoms with van der Waals surface area (Å²) in [6.45, 7) is 3.17. The molecule has 0 fully saturated rings. The van der Waals surface area contributed by atoms with E-state index in [0.717, 1.165) is 33.4 Å². The molecule has 4 aromatic rings. The molecule has 4 aromatic carbocycles. The molecular weight excluding hydrogens is 368 g/mol. The third-order valence-corrected chi connectivity index (χ3v) is 5.30. The first kappa shape index (κ1) is 19.5. The molecule has 0 saturated heterocycles. The number of carbonyl (C=O) groups excluding carboxylic acids is 2. The number of carbonyl (C=O) groups is 2. The van der Waals surface area contributed by atoms with Gasteiger partial charge in [0.25, 0.3) is 0 Å². The quantitative estimate of drug-likeness (QED) is 0.341. The van der Waals surface area contributed by atoms with E-state index in [9.17, 15) is 9.59 Å². The van der Waals surface area contributed by atoms with Gasteiger partial charge in [-0.15, -0.1) is 0 Å². The van der Waals surface area contributed by atoms with Gasteiger partial charge >= 0.3 is 0 Å². The van der Waals surface area contributed by atoms with Crippen LogP contribution in [0.2, 0.25) is 0 Å². The van der Waals surface area contributed by atoms with E-state index >= 15 is 0 Å². The third-order valence-electron chi connectivity index (χ3n) is 5.30. The van der Waals surface area contributed by atoms with Gasteiger partial charge in [0.1, 0.15) is 0 Å². The largest absolute Gasteiger partial charge is 0.295 e. The normalized spacial score (nSPS) is 10.6. The number of hydrogen-bond acceptors (Lipinski definition) is 2. The van der Waals surface area contributed by atoms with Crippen LogP contribution in [0, 0.1) is 0 Å². The molecule has 0 aliphatic carbocycles. The second-order valence-electron chi connectivity index (χ2n) is 7.37. The molecule has 0 saturated carbocycles. The summed E-state index contributed by atoms with van der Waals surface area (Å²) in [5.41, 5.74) is 7.71. The maximum absolute atomic E-state index is 11.9. The van der Waals surface area contributed by atoms with Crippen molar-refractivity contribution in [2.45, 2.75) is 13.8 Å². The molecule has 0 bridgehead atoms. The van der Waals surface area contributed by atoms with Crippen LogP contribution in [0.1, 0.15) is 34.6 Å². The van der Waals surface area contributed by atoms with E-state index in [-0.39, 0.29) is 11.6 Å². The molecule has 0 aromatic heterocycles. The summed E-state index contributed by atoms with van der Waals surface area (Å²) in [6, 6.07) is 31.9. The minimum Gasteiger partial charge on any atom is -0.295 e. The van der Waals surface area contributed by atoms with Crippen molar-refractivity contribution in [3.8, 4) is 33.4 Å². The predicted octanol–water partition coefficient (Wildman–Crippen LogP) is 7.09. The van der Waals surface area contributed by atoms with Crippen molar-refractivity contribution >= 4 is 11.6 Å². The molecule has 30 heavy (non-hydrogen) atoms. The molecule has 2 nitrogen and oxygen atoms in total. The predicted molar refractivity (Wildman–Crippen MR) is 123 cm³/mol. The van der Waals surface area contributed by atoms with Crippen molar-refractivity contribution in [1.82, 2.24) is 0 Å². The van der Waals surface area contributed by atoms with E-state index in [2.05, 4.69) is 24.3 Å². The van der Waals surface area contributed by atoms with E-state index in [0.29, 0.717) is 11.1 Å². The Labute approximate surface area is 176 Å². The number of ketones is 2. The fraction of sp³-hybridized carbons (Fsp3) is 0.0714. The van der Waals surface area contributed by atoms with Gasteiger partial charge in [-0.3, -0.25) is 9.59 Å². The lowest BCUT2D eigenvalue weighted by Crippen LogP contribution is -1.94. The maximum Gasteiger partial charge on any atom is 0.159 e. The molecule has 0 unspecified atom stereocenters. The molecule has 4 rings (SSSR count). The molecule has 2 heteroatoms. The van der Waals surface area contributed by atoms with E-state index in [1.54, 1.807) is 13.8 Å². The van der Waals surface area contributed by atoms with E-state index in [4.69, 9.17) is 0 Å². The van der Waals surface area contributed by atoms with E-state index < -0.39 is 0 Å². The number of rotatable bonds is 5. The minimum atomic E-state index is 0.0516. The van der Waals surface area contributed by atoms with Crippen LogP contribution in [0.15, 0.2) is 97.1 Å². The van der Waals surface area contributed by atoms with Crippen molar-refractivity contribution in [3.05, 3.63) is 108 Å². The van der Waals surface area contributed by atoms with Gasteiger partial charge in [-0.2, -0.15) is 0 Å². The SMILES string of the molecule is CC(=O)c1cccc(-c2ccccc2-c2ccccc2-c2cccc(C(C)=O)c2)c1. The highest BCUT2D eigenvalue weighted by atomic mass is 16.1. The summed E-state index contributed by atoms with van der Waals surface area (Å²) in [6.07, 6.45) is 0. The average molecular weight is 390 g/mol. The van der Waals surface area contributed by atoms with Crippen LogP contribution in [0.3, 0.4) is 0 Å². The zero-order valence-corrected chi connectivity index (χ0v) is 17.1. The first-order chi connectivity index (χ1) is 14.5. The summed E-state index contributed by atoms with van der Waals surface area (Å²) < 4.78 is 0. The number of Topliss-reactive ketones (excluding diaryl/α,β-unsaturated/α-hetero) is 2. The standard InChI is InChI=1S/C28H22O2/c1-19(29)21-9-7-11-23(17-21)25-13-3-5-15-27(25)28-16-6-4-14-26(28)24-12-8-10-22(18-24)20(2)30/h3-18H,1-2H3. The Morgan fingerprint density at radius 2 is 0.833 bits per heavy atom. The molecule has 0 radical (unpaired) electrons. The maximum atomic E-state index is 11.9. The lowest BCUT2D eigenvalue weighted by atomic mass is 9.88. The van der Waals surface area contributed by atoms with E-state index in [1.807, 2.05) is 72.8 Å². The summed E-state index contributed by atoms with van der Waals surface area (Å²) in [4.78, 5) is 23.8. The molecule has 0 atom stereocenters. The molecule has 0 heterocycles. The highest BCUT2D eigenvalue weighted by molar-refractivity contribution is 5.98. The van der Waals surface area contributed by atoms with Gasteiger partial charge in [-0.05, 0) is 59.4 Å². The van der Waals surface area contributed by atoms with Crippen LogP contribution in [-0.4, -0.2) is 11.6 Å². The zero-order valence-electron chi connectivity index (χ0n) is 17.1. The van der Waals surface area contributed by atoms with Crippen molar-refractivity contribution < 1.29 is 9.59 Å². The number of hydrogen-bond donors (Lipinski definition) is 0. The van der Waals surface area contributed by atoms with Gasteiger partial charge in [0, 0.05) is 11.1 Å². The van der Waals surface area contributed by atoms with Crippen LogP contribution < -0.4 is 0 Å². The van der Waals surface area contributed by atoms with Gasteiger partial charge in [-0.1, -0.05) is 84.9 Å². The van der Waals surface area contributed by atoms with Gasteiger partial charge in [-0.25, -0.2) is 0 Å². The molecule has 0 spiro atoms. The molecule has 146 valence electrons. The topological polar surface area (TPSA) is 34.1 Å². The molecule has 0 aliphatic heterocycles. The Kier molecular flexibility index (Phi) is 5.40. The van der Waals surface area contributed by atoms with Crippen molar-refractivity contribution in [2.75, 3.05) is 0 Å². The van der Waals surface area contributed by atoms with Crippen molar-refractivity contribution in [2.24, 2.45) is 0 Å². The van der Waals surface area contributed by atoms with Gasteiger partial charge < -0.3 is 0 Å². The average Bonchev–Trinajstić information content (AvgIpc) is 2.79. The van der Waals surface area contributed by atoms with Crippen LogP contribution in [-0.2, 0) is 0 Å². The monoisotopic (exact) mass is 390 g/mol. The van der Waals surface area contributed by atoms with Gasteiger partial charge in [0.05, 0.1) is 0 Å². The zero-order chi connectivity index (χ0) is 21.1. The van der Waals surface area contributed by atoms with Crippen LogP contribution in [0.5, 0.6) is 0 Å². The Hall–Kier alpha value is -3.78. The summed E-state index contributed by atoms with van der Waals surface area (Å²) >= 11 is 0. The Bertz CT molecular complexity index is 1150. The summed E-state index contributed by atoms with van der Waals surface area (Å²) in [5.74, 6) is 0.103. The van der Waals surface area contributed by atoms with Crippen LogP contribution in [0.25, 0.3) is 33.4 Å². The highest BCUT2D eigenvalue weighted by Gasteiger charge is 2.13. The first-order valence-electron chi connectivity index (χ1n) is 9.96. The molecular formula is C28H22O2. The first-order valence-corrected chi connectivity index (χ1v) is 9.96. The highest BCUT2D eigenvalue weighted by Crippen LogP contribution is 2.38. The Morgan fingerprint density at radius 1 is 0.467 bits per heavy atom. The minimum absolute atomic E-state index is 0.0516. The lowest BCUT2D eigenvalue weighted by Gasteiger charge is -2.15. The number of benzene rings is 4. The fourth-order valence-electron chi connectivity index (χ4n) is 3.75. The van der Waals surface area contributed by atoms with Crippen LogP contribution >= 0.6 is 0 Å². The second-order valence-corrected chi connectivity index (χ2v) is 7.37. The molecule has 0 aliphatic rings. The smallest absolute Gasteiger partial charge is 0.159 e. The third kappa shape index (κ3) is 3.85. The van der Waals surface area contributed by atoms with Crippen molar-refractivity contribution in [1.29, 1.82) is 0 Å². The van der Waals surface area contributed by atoms with Gasteiger partial charge in [0.15, 0.2) is 11.6 Å². The second kappa shape index (κ2) is 8.30. The Morgan fingerprint density at radius 3 is 1.20 bits per heavy atom. The van der Waals surface area contributed by atoms with E-state index in [1.165, 1.54) is 0 Å². The lowest BCUT2D eigenvalue weighted by molar-refractivity contribution is 0.100. The fourth-order valence-corrected chi connectivity index (χ4v) is 3.75. The Balaban J connectivity index is 1.90. The summed E-state index contributed by atoms with van der Waals surface area (Å²) in [7, 11) is 0.